The topological polar surface area (TPSA) is 66.6 Å². The number of nitrogens with zero attached hydrogens (tertiary/aromatic N) is 1. The number of nitrogen functional groups attached to an aromatic ring is 1. The molecule has 0 bridgehead atoms. The van der Waals surface area contributed by atoms with Gasteiger partial charge in [-0.05, 0) is 18.9 Å². The summed E-state index contributed by atoms with van der Waals surface area (Å²) in [4.78, 5) is 13.6. The van der Waals surface area contributed by atoms with Gasteiger partial charge in [-0.25, -0.2) is 8.78 Å². The zero-order valence-electron chi connectivity index (χ0n) is 9.70. The molecule has 0 spiro atoms. The molecule has 1 amide bonds. The molecule has 0 heterocycles. The molecule has 1 fully saturated rings. The van der Waals surface area contributed by atoms with E-state index in [1.807, 2.05) is 0 Å². The molecule has 0 aromatic heterocycles. The summed E-state index contributed by atoms with van der Waals surface area (Å²) in [5.41, 5.74) is 5.37. The molecule has 0 aliphatic heterocycles. The third kappa shape index (κ3) is 2.43. The fourth-order valence-corrected chi connectivity index (χ4v) is 1.85. The second-order valence-electron chi connectivity index (χ2n) is 4.31. The summed E-state index contributed by atoms with van der Waals surface area (Å²) >= 11 is 0. The van der Waals surface area contributed by atoms with Crippen LogP contribution in [0.15, 0.2) is 12.1 Å². The quantitative estimate of drug-likeness (QED) is 0.794. The average molecular weight is 256 g/mol. The summed E-state index contributed by atoms with van der Waals surface area (Å²) in [6.07, 6.45) is 1.71. The van der Waals surface area contributed by atoms with E-state index in [2.05, 4.69) is 0 Å². The predicted molar refractivity (Wildman–Crippen MR) is 61.9 cm³/mol. The van der Waals surface area contributed by atoms with Crippen molar-refractivity contribution in [1.82, 2.24) is 4.90 Å². The summed E-state index contributed by atoms with van der Waals surface area (Å²) in [5.74, 6) is -2.65. The molecular formula is C12H14F2N2O2. The summed E-state index contributed by atoms with van der Waals surface area (Å²) in [7, 11) is 0. The first-order valence-electron chi connectivity index (χ1n) is 5.71. The largest absolute Gasteiger partial charge is 0.398 e. The van der Waals surface area contributed by atoms with Crippen LogP contribution >= 0.6 is 0 Å². The number of anilines is 1. The van der Waals surface area contributed by atoms with Gasteiger partial charge < -0.3 is 15.7 Å². The highest BCUT2D eigenvalue weighted by molar-refractivity contribution is 5.99. The van der Waals surface area contributed by atoms with Crippen molar-refractivity contribution in [3.63, 3.8) is 0 Å². The number of carbonyl (C=O) groups is 1. The molecule has 1 aromatic carbocycles. The molecular weight excluding hydrogens is 242 g/mol. The van der Waals surface area contributed by atoms with E-state index >= 15 is 0 Å². The Kier molecular flexibility index (Phi) is 3.47. The van der Waals surface area contributed by atoms with Gasteiger partial charge in [0.25, 0.3) is 5.91 Å². The number of amides is 1. The van der Waals surface area contributed by atoms with Crippen LogP contribution in [-0.4, -0.2) is 35.1 Å². The smallest absolute Gasteiger partial charge is 0.256 e. The second kappa shape index (κ2) is 4.89. The maximum atomic E-state index is 13.1. The van der Waals surface area contributed by atoms with Gasteiger partial charge in [0.05, 0.1) is 12.2 Å². The van der Waals surface area contributed by atoms with Crippen LogP contribution in [0.1, 0.15) is 23.2 Å². The van der Waals surface area contributed by atoms with Crippen LogP contribution in [0, 0.1) is 11.6 Å². The highest BCUT2D eigenvalue weighted by Gasteiger charge is 2.33. The van der Waals surface area contributed by atoms with Gasteiger partial charge in [-0.3, -0.25) is 4.79 Å². The van der Waals surface area contributed by atoms with Gasteiger partial charge in [-0.15, -0.1) is 0 Å². The number of benzene rings is 1. The third-order valence-corrected chi connectivity index (χ3v) is 2.91. The normalized spacial score (nSPS) is 14.6. The molecule has 98 valence electrons. The fourth-order valence-electron chi connectivity index (χ4n) is 1.85. The number of nitrogens with two attached hydrogens (primary N) is 1. The first-order chi connectivity index (χ1) is 8.54. The third-order valence-electron chi connectivity index (χ3n) is 2.91. The maximum Gasteiger partial charge on any atom is 0.256 e. The number of halogens is 2. The minimum atomic E-state index is -1.10. The van der Waals surface area contributed by atoms with Crippen molar-refractivity contribution < 1.29 is 18.7 Å². The Morgan fingerprint density at radius 1 is 1.39 bits per heavy atom. The van der Waals surface area contributed by atoms with Gasteiger partial charge >= 0.3 is 0 Å². The number of hydrogen-bond acceptors (Lipinski definition) is 3. The number of carbonyl (C=O) groups excluding carboxylic acids is 1. The van der Waals surface area contributed by atoms with E-state index in [0.29, 0.717) is 0 Å². The van der Waals surface area contributed by atoms with Crippen LogP contribution in [0.3, 0.4) is 0 Å². The van der Waals surface area contributed by atoms with Crippen LogP contribution in [0.5, 0.6) is 0 Å². The van der Waals surface area contributed by atoms with E-state index in [1.54, 1.807) is 0 Å². The van der Waals surface area contributed by atoms with Crippen LogP contribution in [0.2, 0.25) is 0 Å². The summed E-state index contributed by atoms with van der Waals surface area (Å²) in [6, 6.07) is 1.67. The van der Waals surface area contributed by atoms with Crippen LogP contribution < -0.4 is 5.73 Å². The summed E-state index contributed by atoms with van der Waals surface area (Å²) in [5, 5.41) is 8.92. The fraction of sp³-hybridized carbons (Fsp3) is 0.417. The number of aliphatic hydroxyl groups is 1. The molecule has 0 saturated heterocycles. The lowest BCUT2D eigenvalue weighted by Gasteiger charge is -2.22. The van der Waals surface area contributed by atoms with E-state index < -0.39 is 17.5 Å². The van der Waals surface area contributed by atoms with Crippen molar-refractivity contribution in [3.8, 4) is 0 Å². The van der Waals surface area contributed by atoms with E-state index in [-0.39, 0.29) is 30.4 Å². The lowest BCUT2D eigenvalue weighted by Crippen LogP contribution is -2.36. The van der Waals surface area contributed by atoms with Gasteiger partial charge in [0, 0.05) is 24.3 Å². The minimum Gasteiger partial charge on any atom is -0.398 e. The van der Waals surface area contributed by atoms with Crippen molar-refractivity contribution in [1.29, 1.82) is 0 Å². The Labute approximate surface area is 103 Å². The van der Waals surface area contributed by atoms with Crippen LogP contribution in [0.4, 0.5) is 14.5 Å². The first kappa shape index (κ1) is 12.8. The highest BCUT2D eigenvalue weighted by atomic mass is 19.2. The van der Waals surface area contributed by atoms with Crippen LogP contribution in [0.25, 0.3) is 0 Å². The molecule has 0 radical (unpaired) electrons. The van der Waals surface area contributed by atoms with Gasteiger partial charge in [0.15, 0.2) is 11.6 Å². The van der Waals surface area contributed by atoms with Gasteiger partial charge in [-0.1, -0.05) is 0 Å². The monoisotopic (exact) mass is 256 g/mol. The predicted octanol–water partition coefficient (Wildman–Crippen LogP) is 1.14. The Morgan fingerprint density at radius 3 is 2.56 bits per heavy atom. The Hall–Kier alpha value is -1.69. The SMILES string of the molecule is Nc1cc(F)c(F)cc1C(=O)N(CCO)C1CC1. The molecule has 18 heavy (non-hydrogen) atoms. The summed E-state index contributed by atoms with van der Waals surface area (Å²) < 4.78 is 26.1. The number of hydrogen-bond donors (Lipinski definition) is 2. The lowest BCUT2D eigenvalue weighted by molar-refractivity contribution is 0.0708. The molecule has 2 rings (SSSR count). The molecule has 6 heteroatoms. The molecule has 1 aliphatic rings. The average Bonchev–Trinajstić information content (AvgIpc) is 3.14. The molecule has 0 unspecified atom stereocenters. The van der Waals surface area contributed by atoms with E-state index in [0.717, 1.165) is 25.0 Å². The second-order valence-corrected chi connectivity index (χ2v) is 4.31. The Bertz CT molecular complexity index is 475. The molecule has 1 aromatic rings. The molecule has 3 N–H and O–H groups in total. The molecule has 1 saturated carbocycles. The lowest BCUT2D eigenvalue weighted by atomic mass is 10.1. The number of rotatable bonds is 4. The maximum absolute atomic E-state index is 13.1. The number of aliphatic hydroxyl groups excluding tert-OH is 1. The molecule has 1 aliphatic carbocycles. The molecule has 0 atom stereocenters. The van der Waals surface area contributed by atoms with E-state index in [1.165, 1.54) is 4.90 Å². The van der Waals surface area contributed by atoms with Crippen molar-refractivity contribution >= 4 is 11.6 Å². The van der Waals surface area contributed by atoms with E-state index in [9.17, 15) is 13.6 Å². The van der Waals surface area contributed by atoms with Crippen LogP contribution in [-0.2, 0) is 0 Å². The Balaban J connectivity index is 2.29. The summed E-state index contributed by atoms with van der Waals surface area (Å²) in [6.45, 7) is -0.00619. The van der Waals surface area contributed by atoms with Crippen molar-refractivity contribution in [2.24, 2.45) is 0 Å². The zero-order chi connectivity index (χ0) is 13.3. The molecule has 4 nitrogen and oxygen atoms in total. The van der Waals surface area contributed by atoms with Crippen molar-refractivity contribution in [2.75, 3.05) is 18.9 Å². The highest BCUT2D eigenvalue weighted by Crippen LogP contribution is 2.29. The first-order valence-corrected chi connectivity index (χ1v) is 5.71. The van der Waals surface area contributed by atoms with Gasteiger partial charge in [0.1, 0.15) is 0 Å². The van der Waals surface area contributed by atoms with Gasteiger partial charge in [-0.2, -0.15) is 0 Å². The van der Waals surface area contributed by atoms with Gasteiger partial charge in [0.2, 0.25) is 0 Å². The van der Waals surface area contributed by atoms with Crippen molar-refractivity contribution in [2.45, 2.75) is 18.9 Å². The standard InChI is InChI=1S/C12H14F2N2O2/c13-9-5-8(11(15)6-10(9)14)12(18)16(3-4-17)7-1-2-7/h5-7,17H,1-4,15H2. The Morgan fingerprint density at radius 2 is 2.00 bits per heavy atom. The zero-order valence-corrected chi connectivity index (χ0v) is 9.70. The van der Waals surface area contributed by atoms with Crippen molar-refractivity contribution in [3.05, 3.63) is 29.3 Å². The van der Waals surface area contributed by atoms with E-state index in [4.69, 9.17) is 10.8 Å². The minimum absolute atomic E-state index is 0.0609.